The molecule has 6 rings (SSSR count). The zero-order valence-electron chi connectivity index (χ0n) is 21.0. The van der Waals surface area contributed by atoms with Crippen molar-refractivity contribution in [3.05, 3.63) is 82.9 Å². The van der Waals surface area contributed by atoms with Gasteiger partial charge in [-0.3, -0.25) is 19.2 Å². The van der Waals surface area contributed by atoms with Crippen molar-refractivity contribution in [3.8, 4) is 11.5 Å². The van der Waals surface area contributed by atoms with Crippen LogP contribution in [0.5, 0.6) is 11.5 Å². The number of benzene rings is 3. The first-order valence-electron chi connectivity index (χ1n) is 12.5. The van der Waals surface area contributed by atoms with Crippen molar-refractivity contribution < 1.29 is 23.9 Å². The summed E-state index contributed by atoms with van der Waals surface area (Å²) in [5.41, 5.74) is 2.26. The minimum Gasteiger partial charge on any atom is -0.457 e. The number of rotatable bonds is 4. The molecule has 4 atom stereocenters. The lowest BCUT2D eigenvalue weighted by Crippen LogP contribution is -2.33. The van der Waals surface area contributed by atoms with Gasteiger partial charge in [0.15, 0.2) is 11.6 Å². The summed E-state index contributed by atoms with van der Waals surface area (Å²) in [6.45, 7) is 7.81. The molecule has 3 aliphatic rings. The van der Waals surface area contributed by atoms with Gasteiger partial charge >= 0.3 is 0 Å². The highest BCUT2D eigenvalue weighted by atomic mass is 16.5. The molecule has 0 radical (unpaired) electrons. The Morgan fingerprint density at radius 2 is 0.973 bits per heavy atom. The highest BCUT2D eigenvalue weighted by molar-refractivity contribution is 6.35. The summed E-state index contributed by atoms with van der Waals surface area (Å²) in [7, 11) is 0. The Bertz CT molecular complexity index is 1420. The van der Waals surface area contributed by atoms with E-state index in [0.29, 0.717) is 29.3 Å². The van der Waals surface area contributed by atoms with Gasteiger partial charge in [0.2, 0.25) is 0 Å². The van der Waals surface area contributed by atoms with Crippen molar-refractivity contribution >= 4 is 34.8 Å². The first-order valence-corrected chi connectivity index (χ1v) is 12.5. The van der Waals surface area contributed by atoms with Crippen LogP contribution in [0.25, 0.3) is 0 Å². The molecule has 0 aromatic heterocycles. The van der Waals surface area contributed by atoms with Crippen molar-refractivity contribution in [1.82, 2.24) is 0 Å². The van der Waals surface area contributed by atoms with Gasteiger partial charge in [0.25, 0.3) is 11.8 Å². The number of nitrogens with zero attached hydrogens (tertiary/aromatic N) is 2. The molecular weight excluding hydrogens is 468 g/mol. The number of hydrogen-bond acceptors (Lipinski definition) is 6. The SMILES string of the molecule is CC1C(=O)c2cc3c(cc2C(=O)C1C)C(=O)N(c1ccc(Oc2ccc(N4C(C)C4C)cc2)cc1)C3=O. The Morgan fingerprint density at radius 1 is 0.568 bits per heavy atom. The van der Waals surface area contributed by atoms with Gasteiger partial charge in [-0.2, -0.15) is 0 Å². The fourth-order valence-corrected chi connectivity index (χ4v) is 5.33. The van der Waals surface area contributed by atoms with Crippen LogP contribution in [-0.2, 0) is 0 Å². The molecule has 2 heterocycles. The predicted octanol–water partition coefficient (Wildman–Crippen LogP) is 5.53. The van der Waals surface area contributed by atoms with Crippen LogP contribution in [0.1, 0.15) is 69.1 Å². The normalized spacial score (nSPS) is 24.3. The lowest BCUT2D eigenvalue weighted by atomic mass is 9.75. The van der Waals surface area contributed by atoms with Gasteiger partial charge in [-0.05, 0) is 74.5 Å². The van der Waals surface area contributed by atoms with Crippen LogP contribution in [0.15, 0.2) is 60.7 Å². The average molecular weight is 495 g/mol. The lowest BCUT2D eigenvalue weighted by molar-refractivity contribution is 0.0762. The molecule has 1 aliphatic carbocycles. The van der Waals surface area contributed by atoms with Crippen LogP contribution in [0.2, 0.25) is 0 Å². The summed E-state index contributed by atoms with van der Waals surface area (Å²) in [5, 5.41) is 0. The monoisotopic (exact) mass is 494 g/mol. The molecule has 0 N–H and O–H groups in total. The number of ether oxygens (including phenoxy) is 1. The van der Waals surface area contributed by atoms with Crippen LogP contribution < -0.4 is 14.5 Å². The topological polar surface area (TPSA) is 83.8 Å². The van der Waals surface area contributed by atoms with E-state index in [1.165, 1.54) is 12.1 Å². The van der Waals surface area contributed by atoms with E-state index < -0.39 is 23.7 Å². The second-order valence-corrected chi connectivity index (χ2v) is 10.2. The molecule has 2 aliphatic heterocycles. The standard InChI is InChI=1S/C30H26N2O5/c1-15-16(2)28(34)24-14-26-25(13-23(24)27(15)33)29(35)32(30(26)36)20-7-11-22(12-8-20)37-21-9-5-19(6-10-21)31-17(3)18(31)4/h5-18H,1-4H3. The highest BCUT2D eigenvalue weighted by Gasteiger charge is 2.43. The zero-order chi connectivity index (χ0) is 26.2. The molecule has 7 nitrogen and oxygen atoms in total. The number of anilines is 2. The van der Waals surface area contributed by atoms with Crippen LogP contribution in [0.3, 0.4) is 0 Å². The van der Waals surface area contributed by atoms with Gasteiger partial charge in [0.1, 0.15) is 11.5 Å². The fraction of sp³-hybridized carbons (Fsp3) is 0.267. The third-order valence-corrected chi connectivity index (χ3v) is 8.08. The van der Waals surface area contributed by atoms with Crippen molar-refractivity contribution in [3.63, 3.8) is 0 Å². The second kappa shape index (κ2) is 8.13. The summed E-state index contributed by atoms with van der Waals surface area (Å²) >= 11 is 0. The predicted molar refractivity (Wildman–Crippen MR) is 139 cm³/mol. The summed E-state index contributed by atoms with van der Waals surface area (Å²) in [6, 6.07) is 18.5. The van der Waals surface area contributed by atoms with Crippen LogP contribution in [0.4, 0.5) is 11.4 Å². The summed E-state index contributed by atoms with van der Waals surface area (Å²) in [4.78, 5) is 55.4. The number of amides is 2. The van der Waals surface area contributed by atoms with Gasteiger partial charge in [-0.1, -0.05) is 13.8 Å². The minimum atomic E-state index is -0.517. The maximum atomic E-state index is 13.2. The van der Waals surface area contributed by atoms with Crippen LogP contribution in [-0.4, -0.2) is 35.5 Å². The number of ketones is 2. The molecule has 2 amide bonds. The molecule has 3 aromatic rings. The first kappa shape index (κ1) is 23.2. The quantitative estimate of drug-likeness (QED) is 0.350. The summed E-state index contributed by atoms with van der Waals surface area (Å²) in [6.07, 6.45) is 0. The van der Waals surface area contributed by atoms with Crippen molar-refractivity contribution in [2.24, 2.45) is 11.8 Å². The fourth-order valence-electron chi connectivity index (χ4n) is 5.33. The number of hydrogen-bond donors (Lipinski definition) is 0. The lowest BCUT2D eigenvalue weighted by Gasteiger charge is -2.25. The largest absolute Gasteiger partial charge is 0.457 e. The van der Waals surface area contributed by atoms with E-state index in [4.69, 9.17) is 4.74 Å². The van der Waals surface area contributed by atoms with Gasteiger partial charge in [-0.25, -0.2) is 4.90 Å². The molecular formula is C30H26N2O5. The molecule has 3 aromatic carbocycles. The Hall–Kier alpha value is -4.26. The van der Waals surface area contributed by atoms with Crippen molar-refractivity contribution in [2.75, 3.05) is 9.80 Å². The number of Topliss-reactive ketones (excluding diaryl/α,β-unsaturated/α-hetero) is 2. The van der Waals surface area contributed by atoms with Crippen molar-refractivity contribution in [2.45, 2.75) is 39.8 Å². The van der Waals surface area contributed by atoms with Gasteiger partial charge in [0.05, 0.1) is 16.8 Å². The van der Waals surface area contributed by atoms with Gasteiger partial charge < -0.3 is 9.64 Å². The Morgan fingerprint density at radius 3 is 1.38 bits per heavy atom. The third-order valence-electron chi connectivity index (χ3n) is 8.08. The molecule has 0 saturated carbocycles. The molecule has 4 unspecified atom stereocenters. The number of carbonyl (C=O) groups is 4. The molecule has 0 bridgehead atoms. The summed E-state index contributed by atoms with van der Waals surface area (Å²) < 4.78 is 5.95. The minimum absolute atomic E-state index is 0.141. The smallest absolute Gasteiger partial charge is 0.266 e. The van der Waals surface area contributed by atoms with Crippen LogP contribution in [0, 0.1) is 11.8 Å². The maximum Gasteiger partial charge on any atom is 0.266 e. The van der Waals surface area contributed by atoms with Gasteiger partial charge in [0, 0.05) is 40.7 Å². The second-order valence-electron chi connectivity index (χ2n) is 10.2. The van der Waals surface area contributed by atoms with E-state index in [2.05, 4.69) is 18.7 Å². The third kappa shape index (κ3) is 3.49. The van der Waals surface area contributed by atoms with E-state index >= 15 is 0 Å². The van der Waals surface area contributed by atoms with Crippen molar-refractivity contribution in [1.29, 1.82) is 0 Å². The Labute approximate surface area is 214 Å². The summed E-state index contributed by atoms with van der Waals surface area (Å²) in [5.74, 6) is -1.09. The molecule has 7 heteroatoms. The van der Waals surface area contributed by atoms with E-state index in [1.807, 2.05) is 24.3 Å². The van der Waals surface area contributed by atoms with E-state index in [-0.39, 0.29) is 33.8 Å². The van der Waals surface area contributed by atoms with E-state index in [1.54, 1.807) is 38.1 Å². The zero-order valence-corrected chi connectivity index (χ0v) is 21.0. The number of imide groups is 1. The first-order chi connectivity index (χ1) is 17.7. The molecule has 186 valence electrons. The van der Waals surface area contributed by atoms with Gasteiger partial charge in [-0.15, -0.1) is 0 Å². The molecule has 37 heavy (non-hydrogen) atoms. The van der Waals surface area contributed by atoms with E-state index in [9.17, 15) is 19.2 Å². The Balaban J connectivity index is 1.23. The van der Waals surface area contributed by atoms with E-state index in [0.717, 1.165) is 10.6 Å². The number of fused-ring (bicyclic) bond motifs is 2. The molecule has 1 saturated heterocycles. The highest BCUT2D eigenvalue weighted by Crippen LogP contribution is 2.38. The molecule has 0 spiro atoms. The van der Waals surface area contributed by atoms with Crippen LogP contribution >= 0.6 is 0 Å². The maximum absolute atomic E-state index is 13.2. The Kier molecular flexibility index (Phi) is 5.09. The molecule has 1 fully saturated rings. The number of carbonyl (C=O) groups excluding carboxylic acids is 4. The average Bonchev–Trinajstić information content (AvgIpc) is 3.42.